The lowest BCUT2D eigenvalue weighted by Gasteiger charge is -2.22. The van der Waals surface area contributed by atoms with Gasteiger partial charge in [0.25, 0.3) is 0 Å². The molecule has 106 valence electrons. The summed E-state index contributed by atoms with van der Waals surface area (Å²) in [7, 11) is 0. The summed E-state index contributed by atoms with van der Waals surface area (Å²) in [5.41, 5.74) is -0.533. The molecule has 0 saturated carbocycles. The third kappa shape index (κ3) is 3.36. The van der Waals surface area contributed by atoms with Crippen LogP contribution in [0.25, 0.3) is 0 Å². The number of H-pyrrole nitrogens is 1. The van der Waals surface area contributed by atoms with Crippen molar-refractivity contribution < 1.29 is 14.2 Å². The molecular formula is C14H17ClN3O2+. The minimum atomic E-state index is -0.793. The standard InChI is InChI=1S/C14H16ClN3O2/c1-14(2,3)12(19)13(18-9-16-8-17-18)20-11-6-4-10(15)5-7-11/h4-9,13H,1-3H3/p+1. The zero-order valence-corrected chi connectivity index (χ0v) is 12.4. The second-order valence-corrected chi connectivity index (χ2v) is 5.90. The molecule has 20 heavy (non-hydrogen) atoms. The molecule has 0 aliphatic carbocycles. The van der Waals surface area contributed by atoms with Gasteiger partial charge in [-0.2, -0.15) is 5.10 Å². The molecule has 0 bridgehead atoms. The van der Waals surface area contributed by atoms with E-state index in [2.05, 4.69) is 10.1 Å². The molecule has 0 amide bonds. The van der Waals surface area contributed by atoms with E-state index in [1.165, 1.54) is 17.3 Å². The third-order valence-corrected chi connectivity index (χ3v) is 3.00. The van der Waals surface area contributed by atoms with Crippen molar-refractivity contribution in [3.05, 3.63) is 41.9 Å². The number of rotatable bonds is 4. The summed E-state index contributed by atoms with van der Waals surface area (Å²) in [4.78, 5) is 16.4. The number of ether oxygens (including phenoxy) is 1. The first-order valence-corrected chi connectivity index (χ1v) is 6.62. The summed E-state index contributed by atoms with van der Waals surface area (Å²) < 4.78 is 7.32. The van der Waals surface area contributed by atoms with Crippen LogP contribution in [0.3, 0.4) is 0 Å². The quantitative estimate of drug-likeness (QED) is 0.882. The van der Waals surface area contributed by atoms with Gasteiger partial charge >= 0.3 is 12.6 Å². The van der Waals surface area contributed by atoms with Gasteiger partial charge in [-0.3, -0.25) is 4.79 Å². The lowest BCUT2D eigenvalue weighted by atomic mass is 9.90. The Morgan fingerprint density at radius 1 is 1.35 bits per heavy atom. The number of benzene rings is 1. The topological polar surface area (TPSA) is 58.9 Å². The van der Waals surface area contributed by atoms with Crippen LogP contribution in [-0.4, -0.2) is 15.9 Å². The molecule has 5 nitrogen and oxygen atoms in total. The Kier molecular flexibility index (Phi) is 4.09. The first-order chi connectivity index (χ1) is 9.38. The van der Waals surface area contributed by atoms with Gasteiger partial charge in [-0.15, -0.1) is 4.68 Å². The minimum absolute atomic E-state index is 0.0540. The van der Waals surface area contributed by atoms with E-state index in [1.807, 2.05) is 20.8 Å². The maximum Gasteiger partial charge on any atom is 0.320 e. The van der Waals surface area contributed by atoms with Crippen molar-refractivity contribution in [2.45, 2.75) is 27.0 Å². The van der Waals surface area contributed by atoms with Gasteiger partial charge in [-0.1, -0.05) is 32.4 Å². The van der Waals surface area contributed by atoms with Crippen LogP contribution in [0.1, 0.15) is 27.0 Å². The van der Waals surface area contributed by atoms with Crippen LogP contribution in [0.5, 0.6) is 5.75 Å². The van der Waals surface area contributed by atoms with Crippen LogP contribution in [0.2, 0.25) is 5.02 Å². The van der Waals surface area contributed by atoms with Crippen molar-refractivity contribution >= 4 is 17.4 Å². The minimum Gasteiger partial charge on any atom is -0.443 e. The SMILES string of the molecule is CC(C)(C)C(=O)C(Oc1ccc(Cl)cc1)[n+]1cnc[nH]1. The average Bonchev–Trinajstić information content (AvgIpc) is 2.90. The number of nitrogens with zero attached hydrogens (tertiary/aromatic N) is 2. The largest absolute Gasteiger partial charge is 0.443 e. The van der Waals surface area contributed by atoms with Crippen molar-refractivity contribution in [1.82, 2.24) is 10.1 Å². The van der Waals surface area contributed by atoms with Crippen LogP contribution in [0.4, 0.5) is 0 Å². The highest BCUT2D eigenvalue weighted by Crippen LogP contribution is 2.24. The lowest BCUT2D eigenvalue weighted by molar-refractivity contribution is -0.788. The van der Waals surface area contributed by atoms with E-state index in [-0.39, 0.29) is 5.78 Å². The molecule has 1 atom stereocenters. The molecule has 1 heterocycles. The fraction of sp³-hybridized carbons (Fsp3) is 0.357. The van der Waals surface area contributed by atoms with E-state index < -0.39 is 11.6 Å². The zero-order chi connectivity index (χ0) is 14.8. The summed E-state index contributed by atoms with van der Waals surface area (Å²) in [6, 6.07) is 6.88. The van der Waals surface area contributed by atoms with Gasteiger partial charge in [0, 0.05) is 10.4 Å². The van der Waals surface area contributed by atoms with E-state index in [4.69, 9.17) is 16.3 Å². The summed E-state index contributed by atoms with van der Waals surface area (Å²) >= 11 is 5.84. The number of carbonyl (C=O) groups is 1. The van der Waals surface area contributed by atoms with Gasteiger partial charge in [0.05, 0.1) is 0 Å². The van der Waals surface area contributed by atoms with E-state index in [0.29, 0.717) is 10.8 Å². The molecule has 0 radical (unpaired) electrons. The highest BCUT2D eigenvalue weighted by atomic mass is 35.5. The number of carbonyl (C=O) groups excluding carboxylic acids is 1. The molecular weight excluding hydrogens is 278 g/mol. The summed E-state index contributed by atoms with van der Waals surface area (Å²) in [6.07, 6.45) is 2.22. The van der Waals surface area contributed by atoms with Crippen molar-refractivity contribution in [1.29, 1.82) is 0 Å². The number of hydrogen-bond acceptors (Lipinski definition) is 3. The highest BCUT2D eigenvalue weighted by molar-refractivity contribution is 6.30. The van der Waals surface area contributed by atoms with Crippen molar-refractivity contribution in [2.75, 3.05) is 0 Å². The van der Waals surface area contributed by atoms with E-state index >= 15 is 0 Å². The molecule has 6 heteroatoms. The Morgan fingerprint density at radius 3 is 2.50 bits per heavy atom. The fourth-order valence-electron chi connectivity index (χ4n) is 1.62. The van der Waals surface area contributed by atoms with Crippen molar-refractivity contribution in [2.24, 2.45) is 5.41 Å². The maximum atomic E-state index is 12.5. The van der Waals surface area contributed by atoms with Gasteiger partial charge < -0.3 is 4.74 Å². The maximum absolute atomic E-state index is 12.5. The second-order valence-electron chi connectivity index (χ2n) is 5.47. The number of aromatic amines is 1. The first kappa shape index (κ1) is 14.5. The fourth-order valence-corrected chi connectivity index (χ4v) is 1.74. The molecule has 1 aromatic carbocycles. The van der Waals surface area contributed by atoms with E-state index in [1.54, 1.807) is 24.3 Å². The van der Waals surface area contributed by atoms with E-state index in [9.17, 15) is 4.79 Å². The van der Waals surface area contributed by atoms with E-state index in [0.717, 1.165) is 0 Å². The first-order valence-electron chi connectivity index (χ1n) is 6.24. The molecule has 2 aromatic rings. The number of ketones is 1. The summed E-state index contributed by atoms with van der Waals surface area (Å²) in [5.74, 6) is 0.515. The summed E-state index contributed by atoms with van der Waals surface area (Å²) in [6.45, 7) is 5.56. The molecule has 1 N–H and O–H groups in total. The molecule has 1 aromatic heterocycles. The Bertz CT molecular complexity index is 573. The van der Waals surface area contributed by atoms with Crippen molar-refractivity contribution in [3.63, 3.8) is 0 Å². The average molecular weight is 295 g/mol. The monoisotopic (exact) mass is 294 g/mol. The van der Waals surface area contributed by atoms with Gasteiger partial charge in [-0.25, -0.2) is 0 Å². The molecule has 1 unspecified atom stereocenters. The predicted octanol–water partition coefficient (Wildman–Crippen LogP) is 2.54. The van der Waals surface area contributed by atoms with Crippen LogP contribution in [-0.2, 0) is 4.79 Å². The number of Topliss-reactive ketones (excluding diaryl/α,β-unsaturated/α-hetero) is 1. The van der Waals surface area contributed by atoms with Crippen LogP contribution in [0.15, 0.2) is 36.9 Å². The molecule has 0 fully saturated rings. The van der Waals surface area contributed by atoms with Gasteiger partial charge in [0.2, 0.25) is 12.1 Å². The predicted molar refractivity (Wildman–Crippen MR) is 74.4 cm³/mol. The summed E-state index contributed by atoms with van der Waals surface area (Å²) in [5, 5.41) is 3.47. The number of nitrogens with one attached hydrogen (secondary N) is 1. The Hall–Kier alpha value is -1.88. The molecule has 0 aliphatic rings. The number of halogens is 1. The van der Waals surface area contributed by atoms with Gasteiger partial charge in [0.15, 0.2) is 0 Å². The third-order valence-electron chi connectivity index (χ3n) is 2.75. The lowest BCUT2D eigenvalue weighted by Crippen LogP contribution is -2.51. The Morgan fingerprint density at radius 2 is 2.00 bits per heavy atom. The Labute approximate surface area is 122 Å². The highest BCUT2D eigenvalue weighted by Gasteiger charge is 2.36. The Balaban J connectivity index is 2.28. The second kappa shape index (κ2) is 5.63. The van der Waals surface area contributed by atoms with Crippen LogP contribution in [0, 0.1) is 5.41 Å². The number of aromatic nitrogens is 3. The number of hydrogen-bond donors (Lipinski definition) is 1. The smallest absolute Gasteiger partial charge is 0.320 e. The van der Waals surface area contributed by atoms with Gasteiger partial charge in [-0.05, 0) is 29.2 Å². The molecule has 0 saturated heterocycles. The zero-order valence-electron chi connectivity index (χ0n) is 11.6. The van der Waals surface area contributed by atoms with Crippen molar-refractivity contribution in [3.8, 4) is 5.75 Å². The normalized spacial score (nSPS) is 13.0. The van der Waals surface area contributed by atoms with Crippen LogP contribution < -0.4 is 9.42 Å². The van der Waals surface area contributed by atoms with Crippen LogP contribution >= 0.6 is 11.6 Å². The van der Waals surface area contributed by atoms with Gasteiger partial charge in [0.1, 0.15) is 5.75 Å². The molecule has 2 rings (SSSR count). The molecule has 0 aliphatic heterocycles. The molecule has 0 spiro atoms.